The van der Waals surface area contributed by atoms with Crippen molar-refractivity contribution in [3.05, 3.63) is 23.8 Å². The van der Waals surface area contributed by atoms with Gasteiger partial charge in [-0.15, -0.1) is 11.1 Å². The van der Waals surface area contributed by atoms with Gasteiger partial charge in [0.1, 0.15) is 5.69 Å². The molecule has 0 saturated carbocycles. The Bertz CT molecular complexity index is 364. The third-order valence-electron chi connectivity index (χ3n) is 1.50. The molecule has 0 amide bonds. The molecule has 4 nitrogen and oxygen atoms in total. The van der Waals surface area contributed by atoms with Crippen LogP contribution in [0.1, 0.15) is 12.5 Å². The molecule has 0 bridgehead atoms. The van der Waals surface area contributed by atoms with Crippen LogP contribution in [0, 0.1) is 11.8 Å². The molecular formula is C9H10N2O2. The highest BCUT2D eigenvalue weighted by Gasteiger charge is 2.04. The third kappa shape index (κ3) is 2.12. The lowest BCUT2D eigenvalue weighted by Gasteiger charge is -2.10. The van der Waals surface area contributed by atoms with Crippen LogP contribution in [0.5, 0.6) is 0 Å². The minimum Gasteiger partial charge on any atom is -0.399 e. The van der Waals surface area contributed by atoms with Crippen LogP contribution >= 0.6 is 0 Å². The Morgan fingerprint density at radius 2 is 2.08 bits per heavy atom. The van der Waals surface area contributed by atoms with Crippen molar-refractivity contribution in [2.24, 2.45) is 0 Å². The Hall–Kier alpha value is -1.70. The first kappa shape index (κ1) is 9.39. The first-order chi connectivity index (χ1) is 6.15. The van der Waals surface area contributed by atoms with Crippen LogP contribution in [0.3, 0.4) is 0 Å². The van der Waals surface area contributed by atoms with E-state index in [9.17, 15) is 0 Å². The van der Waals surface area contributed by atoms with E-state index < -0.39 is 0 Å². The Labute approximate surface area is 76.1 Å². The van der Waals surface area contributed by atoms with Crippen LogP contribution in [0.25, 0.3) is 0 Å². The first-order valence-electron chi connectivity index (χ1n) is 3.65. The van der Waals surface area contributed by atoms with Crippen LogP contribution in [-0.2, 0) is 0 Å². The standard InChI is InChI=1S/C9H10N2O2/c1-2-3-7-6-8(10)4-5-9(7)11(12)13/h4-6,12-13H,10H2,1H3. The van der Waals surface area contributed by atoms with Crippen LogP contribution < -0.4 is 11.0 Å². The lowest BCUT2D eigenvalue weighted by molar-refractivity contribution is 0.0290. The molecule has 0 heterocycles. The van der Waals surface area contributed by atoms with E-state index in [2.05, 4.69) is 11.8 Å². The van der Waals surface area contributed by atoms with Gasteiger partial charge in [0.25, 0.3) is 0 Å². The van der Waals surface area contributed by atoms with E-state index in [-0.39, 0.29) is 10.9 Å². The summed E-state index contributed by atoms with van der Waals surface area (Å²) in [7, 11) is 0. The number of hydrogen-bond donors (Lipinski definition) is 3. The molecule has 13 heavy (non-hydrogen) atoms. The molecule has 68 valence electrons. The van der Waals surface area contributed by atoms with Crippen LogP contribution in [0.2, 0.25) is 0 Å². The van der Waals surface area contributed by atoms with E-state index in [1.807, 2.05) is 0 Å². The molecule has 0 atom stereocenters. The van der Waals surface area contributed by atoms with Crippen molar-refractivity contribution in [2.45, 2.75) is 6.92 Å². The summed E-state index contributed by atoms with van der Waals surface area (Å²) in [6.45, 7) is 1.66. The maximum absolute atomic E-state index is 8.80. The number of nitrogens with two attached hydrogens (primary N) is 1. The minimum atomic E-state index is 0.0269. The summed E-state index contributed by atoms with van der Waals surface area (Å²) in [5.41, 5.74) is 6.73. The highest BCUT2D eigenvalue weighted by atomic mass is 16.8. The van der Waals surface area contributed by atoms with Crippen LogP contribution in [0.15, 0.2) is 18.2 Å². The molecule has 0 saturated heterocycles. The second-order valence-corrected chi connectivity index (χ2v) is 2.44. The zero-order chi connectivity index (χ0) is 9.84. The van der Waals surface area contributed by atoms with E-state index in [0.29, 0.717) is 11.3 Å². The van der Waals surface area contributed by atoms with Gasteiger partial charge in [-0.1, -0.05) is 5.92 Å². The molecule has 0 aliphatic heterocycles. The van der Waals surface area contributed by atoms with Gasteiger partial charge in [0.2, 0.25) is 0 Å². The summed E-state index contributed by atoms with van der Waals surface area (Å²) in [5.74, 6) is 5.36. The van der Waals surface area contributed by atoms with E-state index in [0.717, 1.165) is 0 Å². The van der Waals surface area contributed by atoms with Gasteiger partial charge in [-0.25, -0.2) is 0 Å². The molecule has 1 aromatic carbocycles. The molecular weight excluding hydrogens is 168 g/mol. The molecule has 0 aromatic heterocycles. The van der Waals surface area contributed by atoms with Gasteiger partial charge in [0.15, 0.2) is 0 Å². The van der Waals surface area contributed by atoms with E-state index in [4.69, 9.17) is 16.1 Å². The van der Waals surface area contributed by atoms with Crippen molar-refractivity contribution in [2.75, 3.05) is 11.0 Å². The SMILES string of the molecule is CC#Cc1cc(N)ccc1N(O)O. The third-order valence-corrected chi connectivity index (χ3v) is 1.50. The van der Waals surface area contributed by atoms with Gasteiger partial charge >= 0.3 is 0 Å². The van der Waals surface area contributed by atoms with Crippen molar-refractivity contribution < 1.29 is 10.4 Å². The van der Waals surface area contributed by atoms with Crippen LogP contribution in [-0.4, -0.2) is 10.4 Å². The summed E-state index contributed by atoms with van der Waals surface area (Å²) in [5, 5.41) is 17.6. The Balaban J connectivity index is 3.24. The number of anilines is 2. The van der Waals surface area contributed by atoms with E-state index in [1.165, 1.54) is 6.07 Å². The van der Waals surface area contributed by atoms with Gasteiger partial charge in [0, 0.05) is 5.69 Å². The Kier molecular flexibility index (Phi) is 2.75. The number of nitrogens with zero attached hydrogens (tertiary/aromatic N) is 1. The predicted molar refractivity (Wildman–Crippen MR) is 49.5 cm³/mol. The molecule has 1 rings (SSSR count). The summed E-state index contributed by atoms with van der Waals surface area (Å²) in [6, 6.07) is 4.62. The second-order valence-electron chi connectivity index (χ2n) is 2.44. The summed E-state index contributed by atoms with van der Waals surface area (Å²) in [4.78, 5) is 0. The molecule has 0 aliphatic rings. The normalized spacial score (nSPS) is 8.85. The minimum absolute atomic E-state index is 0.0269. The molecule has 0 unspecified atom stereocenters. The smallest absolute Gasteiger partial charge is 0.110 e. The fourth-order valence-corrected chi connectivity index (χ4v) is 0.963. The average Bonchev–Trinajstić information content (AvgIpc) is 2.04. The number of benzene rings is 1. The summed E-state index contributed by atoms with van der Waals surface area (Å²) >= 11 is 0. The fourth-order valence-electron chi connectivity index (χ4n) is 0.963. The lowest BCUT2D eigenvalue weighted by Crippen LogP contribution is -2.12. The molecule has 0 radical (unpaired) electrons. The zero-order valence-electron chi connectivity index (χ0n) is 7.15. The molecule has 0 aliphatic carbocycles. The lowest BCUT2D eigenvalue weighted by atomic mass is 10.1. The van der Waals surface area contributed by atoms with E-state index >= 15 is 0 Å². The number of rotatable bonds is 1. The predicted octanol–water partition coefficient (Wildman–Crippen LogP) is 1.23. The molecule has 0 fully saturated rings. The van der Waals surface area contributed by atoms with Crippen LogP contribution in [0.4, 0.5) is 11.4 Å². The van der Waals surface area contributed by atoms with Gasteiger partial charge in [0.05, 0.1) is 5.56 Å². The number of hydrogen-bond acceptors (Lipinski definition) is 4. The Morgan fingerprint density at radius 3 is 2.62 bits per heavy atom. The van der Waals surface area contributed by atoms with E-state index in [1.54, 1.807) is 19.1 Å². The Morgan fingerprint density at radius 1 is 1.38 bits per heavy atom. The molecule has 4 N–H and O–H groups in total. The molecule has 4 heteroatoms. The molecule has 0 spiro atoms. The van der Waals surface area contributed by atoms with Crippen molar-refractivity contribution in [1.29, 1.82) is 0 Å². The van der Waals surface area contributed by atoms with Crippen molar-refractivity contribution in [3.8, 4) is 11.8 Å². The highest BCUT2D eigenvalue weighted by molar-refractivity contribution is 5.63. The van der Waals surface area contributed by atoms with Crippen molar-refractivity contribution in [3.63, 3.8) is 0 Å². The fraction of sp³-hybridized carbons (Fsp3) is 0.111. The molecule has 1 aromatic rings. The highest BCUT2D eigenvalue weighted by Crippen LogP contribution is 2.19. The largest absolute Gasteiger partial charge is 0.399 e. The maximum Gasteiger partial charge on any atom is 0.110 e. The average molecular weight is 178 g/mol. The maximum atomic E-state index is 8.80. The number of nitrogen functional groups attached to an aromatic ring is 1. The topological polar surface area (TPSA) is 69.7 Å². The monoisotopic (exact) mass is 178 g/mol. The van der Waals surface area contributed by atoms with Gasteiger partial charge in [-0.3, -0.25) is 10.4 Å². The van der Waals surface area contributed by atoms with Crippen molar-refractivity contribution >= 4 is 11.4 Å². The van der Waals surface area contributed by atoms with Gasteiger partial charge < -0.3 is 5.73 Å². The quantitative estimate of drug-likeness (QED) is 0.343. The van der Waals surface area contributed by atoms with Gasteiger partial charge in [-0.05, 0) is 25.1 Å². The second kappa shape index (κ2) is 3.81. The van der Waals surface area contributed by atoms with Gasteiger partial charge in [-0.2, -0.15) is 0 Å². The first-order valence-corrected chi connectivity index (χ1v) is 3.65. The summed E-state index contributed by atoms with van der Waals surface area (Å²) < 4.78 is 0. The summed E-state index contributed by atoms with van der Waals surface area (Å²) in [6.07, 6.45) is 0. The zero-order valence-corrected chi connectivity index (χ0v) is 7.15. The van der Waals surface area contributed by atoms with Crippen molar-refractivity contribution in [1.82, 2.24) is 0 Å².